The predicted octanol–water partition coefficient (Wildman–Crippen LogP) is 3.91. The topological polar surface area (TPSA) is 90.9 Å². The van der Waals surface area contributed by atoms with E-state index in [2.05, 4.69) is 5.32 Å². The first-order valence-electron chi connectivity index (χ1n) is 11.0. The number of ether oxygens (including phenoxy) is 3. The lowest BCUT2D eigenvalue weighted by Gasteiger charge is -2.11. The van der Waals surface area contributed by atoms with Crippen molar-refractivity contribution in [3.05, 3.63) is 77.9 Å². The van der Waals surface area contributed by atoms with Gasteiger partial charge in [-0.2, -0.15) is 0 Å². The highest BCUT2D eigenvalue weighted by Gasteiger charge is 2.23. The maximum Gasteiger partial charge on any atom is 0.244 e. The third kappa shape index (κ3) is 5.84. The molecule has 0 radical (unpaired) electrons. The van der Waals surface area contributed by atoms with Crippen molar-refractivity contribution in [2.45, 2.75) is 17.4 Å². The molecule has 0 bridgehead atoms. The third-order valence-corrected chi connectivity index (χ3v) is 6.88. The zero-order valence-corrected chi connectivity index (χ0v) is 20.6. The fourth-order valence-corrected chi connectivity index (χ4v) is 4.54. The maximum atomic E-state index is 12.3. The van der Waals surface area contributed by atoms with Crippen LogP contribution in [0.2, 0.25) is 0 Å². The van der Waals surface area contributed by atoms with Crippen LogP contribution in [0.5, 0.6) is 17.2 Å². The molecule has 0 saturated carbocycles. The van der Waals surface area contributed by atoms with Gasteiger partial charge in [0.2, 0.25) is 5.91 Å². The van der Waals surface area contributed by atoms with Gasteiger partial charge in [-0.1, -0.05) is 24.3 Å². The minimum atomic E-state index is -3.23. The molecule has 0 unspecified atom stereocenters. The Morgan fingerprint density at radius 1 is 1.00 bits per heavy atom. The fraction of sp³-hybridized carbons (Fsp3) is 0.222. The van der Waals surface area contributed by atoms with Crippen molar-refractivity contribution in [1.29, 1.82) is 0 Å². The van der Waals surface area contributed by atoms with Gasteiger partial charge in [-0.3, -0.25) is 4.79 Å². The molecule has 182 valence electrons. The van der Waals surface area contributed by atoms with Crippen LogP contribution in [0.25, 0.3) is 17.2 Å². The summed E-state index contributed by atoms with van der Waals surface area (Å²) in [5.74, 6) is 1.80. The summed E-state index contributed by atoms with van der Waals surface area (Å²) in [6.45, 7) is 0.377. The van der Waals surface area contributed by atoms with Crippen molar-refractivity contribution in [3.63, 3.8) is 0 Å². The Kier molecular flexibility index (Phi) is 7.12. The second-order valence-electron chi connectivity index (χ2n) is 8.26. The molecule has 1 N–H and O–H groups in total. The van der Waals surface area contributed by atoms with E-state index < -0.39 is 9.84 Å². The van der Waals surface area contributed by atoms with E-state index in [9.17, 15) is 13.2 Å². The molecule has 0 aliphatic carbocycles. The van der Waals surface area contributed by atoms with E-state index in [4.69, 9.17) is 14.2 Å². The second kappa shape index (κ2) is 10.2. The van der Waals surface area contributed by atoms with Gasteiger partial charge in [0.05, 0.1) is 25.7 Å². The van der Waals surface area contributed by atoms with E-state index in [0.717, 1.165) is 28.0 Å². The lowest BCUT2D eigenvalue weighted by molar-refractivity contribution is -0.116. The van der Waals surface area contributed by atoms with Crippen molar-refractivity contribution in [2.75, 3.05) is 27.0 Å². The van der Waals surface area contributed by atoms with Crippen LogP contribution in [0.4, 0.5) is 0 Å². The molecule has 3 aromatic rings. The Balaban J connectivity index is 1.34. The minimum Gasteiger partial charge on any atom is -0.493 e. The average Bonchev–Trinajstić information content (AvgIpc) is 3.27. The fourth-order valence-electron chi connectivity index (χ4n) is 3.91. The van der Waals surface area contributed by atoms with Crippen LogP contribution < -0.4 is 19.5 Å². The van der Waals surface area contributed by atoms with Crippen molar-refractivity contribution in [3.8, 4) is 28.4 Å². The number of nitrogens with one attached hydrogen (secondary N) is 1. The molecule has 7 nitrogen and oxygen atoms in total. The van der Waals surface area contributed by atoms with Gasteiger partial charge in [-0.25, -0.2) is 8.42 Å². The highest BCUT2D eigenvalue weighted by Crippen LogP contribution is 2.33. The highest BCUT2D eigenvalue weighted by molar-refractivity contribution is 7.90. The van der Waals surface area contributed by atoms with Crippen LogP contribution in [-0.4, -0.2) is 47.4 Å². The predicted molar refractivity (Wildman–Crippen MR) is 135 cm³/mol. The molecule has 4 rings (SSSR count). The number of carbonyl (C=O) groups excluding carboxylic acids is 1. The third-order valence-electron chi connectivity index (χ3n) is 5.76. The maximum absolute atomic E-state index is 12.3. The van der Waals surface area contributed by atoms with Gasteiger partial charge >= 0.3 is 0 Å². The summed E-state index contributed by atoms with van der Waals surface area (Å²) in [5, 5.41) is 2.88. The minimum absolute atomic E-state index is 0.161. The summed E-state index contributed by atoms with van der Waals surface area (Å²) < 4.78 is 39.9. The van der Waals surface area contributed by atoms with Gasteiger partial charge in [-0.05, 0) is 64.7 Å². The van der Waals surface area contributed by atoms with Gasteiger partial charge in [0.1, 0.15) is 11.9 Å². The zero-order chi connectivity index (χ0) is 25.0. The normalized spacial score (nSPS) is 14.9. The average molecular weight is 494 g/mol. The number of carbonyl (C=O) groups is 1. The Hall–Kier alpha value is -3.78. The molecular formula is C27H27NO6S. The lowest BCUT2D eigenvalue weighted by atomic mass is 10.0. The van der Waals surface area contributed by atoms with Crippen molar-refractivity contribution >= 4 is 21.8 Å². The largest absolute Gasteiger partial charge is 0.493 e. The van der Waals surface area contributed by atoms with Crippen LogP contribution in [0.1, 0.15) is 11.1 Å². The smallest absolute Gasteiger partial charge is 0.244 e. The van der Waals surface area contributed by atoms with Crippen LogP contribution in [0.15, 0.2) is 71.6 Å². The second-order valence-corrected chi connectivity index (χ2v) is 10.3. The SMILES string of the molecule is COc1ccc(/C=C/C(=O)NC[C@@H]2Cc3cc(-c4ccc(S(C)(=O)=O)cc4)ccc3O2)cc1OC. The van der Waals surface area contributed by atoms with Crippen molar-refractivity contribution < 1.29 is 27.4 Å². The first-order valence-corrected chi connectivity index (χ1v) is 12.9. The first kappa shape index (κ1) is 24.3. The number of hydrogen-bond donors (Lipinski definition) is 1. The van der Waals surface area contributed by atoms with E-state index in [1.165, 1.54) is 12.3 Å². The summed E-state index contributed by atoms with van der Waals surface area (Å²) >= 11 is 0. The number of rotatable bonds is 8. The molecule has 0 fully saturated rings. The van der Waals surface area contributed by atoms with E-state index in [1.54, 1.807) is 56.7 Å². The number of benzene rings is 3. The first-order chi connectivity index (χ1) is 16.8. The molecule has 1 amide bonds. The number of fused-ring (bicyclic) bond motifs is 1. The number of methoxy groups -OCH3 is 2. The summed E-state index contributed by atoms with van der Waals surface area (Å²) in [6.07, 6.45) is 4.89. The lowest BCUT2D eigenvalue weighted by Crippen LogP contribution is -2.33. The van der Waals surface area contributed by atoms with Gasteiger partial charge in [-0.15, -0.1) is 0 Å². The van der Waals surface area contributed by atoms with Crippen LogP contribution in [0.3, 0.4) is 0 Å². The number of hydrogen-bond acceptors (Lipinski definition) is 6. The van der Waals surface area contributed by atoms with Crippen LogP contribution >= 0.6 is 0 Å². The standard InChI is InChI=1S/C27H27NO6S/c1-32-25-11-4-18(14-26(25)33-2)5-13-27(29)28-17-22-16-21-15-20(8-12-24(21)34-22)19-6-9-23(10-7-19)35(3,30)31/h4-15,22H,16-17H2,1-3H3,(H,28,29)/b13-5+/t22-/m0/s1. The zero-order valence-electron chi connectivity index (χ0n) is 19.8. The summed E-state index contributed by atoms with van der Waals surface area (Å²) in [6, 6.07) is 18.2. The van der Waals surface area contributed by atoms with E-state index in [0.29, 0.717) is 29.4 Å². The Morgan fingerprint density at radius 3 is 2.40 bits per heavy atom. The highest BCUT2D eigenvalue weighted by atomic mass is 32.2. The molecule has 1 aliphatic heterocycles. The molecule has 35 heavy (non-hydrogen) atoms. The van der Waals surface area contributed by atoms with Crippen molar-refractivity contribution in [2.24, 2.45) is 0 Å². The molecule has 0 saturated heterocycles. The molecule has 8 heteroatoms. The summed E-state index contributed by atoms with van der Waals surface area (Å²) in [5.41, 5.74) is 3.78. The monoisotopic (exact) mass is 493 g/mol. The van der Waals surface area contributed by atoms with Crippen molar-refractivity contribution in [1.82, 2.24) is 5.32 Å². The molecule has 1 heterocycles. The molecular weight excluding hydrogens is 466 g/mol. The Bertz CT molecular complexity index is 1360. The Labute approximate surface area is 205 Å². The molecule has 1 aliphatic rings. The molecule has 0 aromatic heterocycles. The van der Waals surface area contributed by atoms with E-state index >= 15 is 0 Å². The Morgan fingerprint density at radius 2 is 1.71 bits per heavy atom. The summed E-state index contributed by atoms with van der Waals surface area (Å²) in [7, 11) is -0.0909. The van der Waals surface area contributed by atoms with Gasteiger partial charge in [0.15, 0.2) is 21.3 Å². The molecule has 3 aromatic carbocycles. The van der Waals surface area contributed by atoms with E-state index in [1.807, 2.05) is 24.3 Å². The van der Waals surface area contributed by atoms with E-state index in [-0.39, 0.29) is 12.0 Å². The van der Waals surface area contributed by atoms with Gasteiger partial charge in [0.25, 0.3) is 0 Å². The number of sulfone groups is 1. The van der Waals surface area contributed by atoms with Crippen LogP contribution in [0, 0.1) is 0 Å². The quantitative estimate of drug-likeness (QED) is 0.479. The molecule has 1 atom stereocenters. The van der Waals surface area contributed by atoms with Gasteiger partial charge < -0.3 is 19.5 Å². The van der Waals surface area contributed by atoms with Crippen LogP contribution in [-0.2, 0) is 21.1 Å². The summed E-state index contributed by atoms with van der Waals surface area (Å²) in [4.78, 5) is 12.6. The number of amides is 1. The molecule has 0 spiro atoms. The van der Waals surface area contributed by atoms with Gasteiger partial charge in [0, 0.05) is 18.8 Å².